The van der Waals surface area contributed by atoms with Crippen molar-refractivity contribution in [1.29, 1.82) is 0 Å². The third-order valence-corrected chi connectivity index (χ3v) is 7.24. The van der Waals surface area contributed by atoms with Crippen molar-refractivity contribution in [2.45, 2.75) is 56.2 Å². The Kier molecular flexibility index (Phi) is 10.6. The van der Waals surface area contributed by atoms with Gasteiger partial charge in [-0.1, -0.05) is 6.42 Å². The Morgan fingerprint density at radius 3 is 2.23 bits per heavy atom. The van der Waals surface area contributed by atoms with Gasteiger partial charge in [0.25, 0.3) is 0 Å². The molecule has 0 aromatic carbocycles. The maximum Gasteiger partial charge on any atom is 0.191 e. The van der Waals surface area contributed by atoms with E-state index in [-0.39, 0.29) is 28.7 Å². The van der Waals surface area contributed by atoms with Gasteiger partial charge in [-0.15, -0.1) is 24.0 Å². The number of guanidine groups is 1. The van der Waals surface area contributed by atoms with Crippen LogP contribution in [-0.4, -0.2) is 85.7 Å². The largest absolute Gasteiger partial charge is 0.355 e. The number of nitrogens with zero attached hydrogens (tertiary/aromatic N) is 3. The van der Waals surface area contributed by atoms with E-state index in [1.165, 1.54) is 58.3 Å². The molecule has 154 valence electrons. The van der Waals surface area contributed by atoms with Crippen molar-refractivity contribution in [3.8, 4) is 0 Å². The summed E-state index contributed by atoms with van der Waals surface area (Å²) in [5, 5.41) is 7.18. The fourth-order valence-electron chi connectivity index (χ4n) is 3.85. The lowest BCUT2D eigenvalue weighted by atomic mass is 9.84. The Hall–Kier alpha value is 0.270. The van der Waals surface area contributed by atoms with E-state index in [4.69, 9.17) is 0 Å². The average molecular weight is 498 g/mol. The van der Waals surface area contributed by atoms with Gasteiger partial charge in [0, 0.05) is 30.4 Å². The van der Waals surface area contributed by atoms with Gasteiger partial charge in [-0.05, 0) is 79.0 Å². The van der Waals surface area contributed by atoms with E-state index >= 15 is 0 Å². The number of hydrogen-bond acceptors (Lipinski definition) is 4. The van der Waals surface area contributed by atoms with Gasteiger partial charge >= 0.3 is 0 Å². The highest BCUT2D eigenvalue weighted by Crippen LogP contribution is 2.30. The van der Waals surface area contributed by atoms with Crippen LogP contribution >= 0.6 is 35.7 Å². The van der Waals surface area contributed by atoms with Crippen LogP contribution in [0.1, 0.15) is 46.0 Å². The highest BCUT2D eigenvalue weighted by Gasteiger charge is 2.39. The van der Waals surface area contributed by atoms with Crippen molar-refractivity contribution in [1.82, 2.24) is 20.4 Å². The maximum absolute atomic E-state index is 4.46. The zero-order chi connectivity index (χ0) is 18.3. The lowest BCUT2D eigenvalue weighted by Crippen LogP contribution is -2.62. The fraction of sp³-hybridized carbons (Fsp3) is 0.947. The second kappa shape index (κ2) is 11.3. The smallest absolute Gasteiger partial charge is 0.191 e. The third kappa shape index (κ3) is 7.02. The number of hydrogen-bond donors (Lipinski definition) is 2. The molecule has 2 saturated heterocycles. The Morgan fingerprint density at radius 1 is 1.08 bits per heavy atom. The molecule has 0 atom stereocenters. The Balaban J connectivity index is 0.00000338. The van der Waals surface area contributed by atoms with Gasteiger partial charge in [-0.3, -0.25) is 9.89 Å². The second-order valence-electron chi connectivity index (χ2n) is 8.32. The molecule has 0 aliphatic carbocycles. The van der Waals surface area contributed by atoms with Gasteiger partial charge in [-0.2, -0.15) is 11.8 Å². The molecule has 2 rings (SSSR count). The van der Waals surface area contributed by atoms with E-state index in [0.29, 0.717) is 5.54 Å². The third-order valence-electron chi connectivity index (χ3n) is 5.99. The van der Waals surface area contributed by atoms with Gasteiger partial charge in [0.1, 0.15) is 0 Å². The van der Waals surface area contributed by atoms with Crippen LogP contribution in [0.3, 0.4) is 0 Å². The van der Waals surface area contributed by atoms with Crippen molar-refractivity contribution >= 4 is 41.7 Å². The number of piperidine rings is 2. The Labute approximate surface area is 182 Å². The predicted octanol–water partition coefficient (Wildman–Crippen LogP) is 2.86. The molecule has 2 N–H and O–H groups in total. The highest BCUT2D eigenvalue weighted by atomic mass is 127. The van der Waals surface area contributed by atoms with Crippen LogP contribution in [0, 0.1) is 0 Å². The first-order chi connectivity index (χ1) is 11.9. The molecule has 0 aromatic rings. The van der Waals surface area contributed by atoms with Crippen LogP contribution in [0.15, 0.2) is 4.99 Å². The van der Waals surface area contributed by atoms with E-state index in [2.05, 4.69) is 52.6 Å². The molecule has 0 amide bonds. The summed E-state index contributed by atoms with van der Waals surface area (Å²) in [5.74, 6) is 0.942. The van der Waals surface area contributed by atoms with E-state index < -0.39 is 0 Å². The van der Waals surface area contributed by atoms with Crippen LogP contribution in [-0.2, 0) is 0 Å². The molecule has 7 heteroatoms. The topological polar surface area (TPSA) is 42.9 Å². The molecule has 0 aromatic heterocycles. The molecular formula is C19H40IN5S. The van der Waals surface area contributed by atoms with Crippen LogP contribution in [0.4, 0.5) is 0 Å². The van der Waals surface area contributed by atoms with E-state index in [0.717, 1.165) is 19.0 Å². The van der Waals surface area contributed by atoms with Gasteiger partial charge in [0.15, 0.2) is 5.96 Å². The number of thioether (sulfide) groups is 1. The van der Waals surface area contributed by atoms with E-state index in [1.54, 1.807) is 0 Å². The van der Waals surface area contributed by atoms with Gasteiger partial charge in [0.05, 0.1) is 0 Å². The lowest BCUT2D eigenvalue weighted by Gasteiger charge is -2.50. The summed E-state index contributed by atoms with van der Waals surface area (Å²) in [4.78, 5) is 9.70. The highest BCUT2D eigenvalue weighted by molar-refractivity contribution is 14.0. The fourth-order valence-corrected chi connectivity index (χ4v) is 4.06. The molecule has 26 heavy (non-hydrogen) atoms. The van der Waals surface area contributed by atoms with Crippen LogP contribution < -0.4 is 10.6 Å². The first-order valence-electron chi connectivity index (χ1n) is 9.84. The van der Waals surface area contributed by atoms with Crippen molar-refractivity contribution in [3.05, 3.63) is 0 Å². The standard InChI is InChI=1S/C19H39N5S.HI/c1-18(2,25-5)15-21-17(20-3)22-16-19(9-13-23(4)14-10-19)24-11-7-6-8-12-24;/h6-16H2,1-5H3,(H2,20,21,22);1H. The molecule has 0 bridgehead atoms. The summed E-state index contributed by atoms with van der Waals surface area (Å²) in [6.07, 6.45) is 8.78. The zero-order valence-electron chi connectivity index (χ0n) is 17.4. The van der Waals surface area contributed by atoms with Gasteiger partial charge in [0.2, 0.25) is 0 Å². The quantitative estimate of drug-likeness (QED) is 0.336. The van der Waals surface area contributed by atoms with Crippen molar-refractivity contribution in [2.75, 3.05) is 59.6 Å². The number of rotatable bonds is 6. The van der Waals surface area contributed by atoms with Crippen LogP contribution in [0.25, 0.3) is 0 Å². The minimum atomic E-state index is 0. The minimum Gasteiger partial charge on any atom is -0.355 e. The molecular weight excluding hydrogens is 457 g/mol. The number of halogens is 1. The first kappa shape index (κ1) is 24.3. The number of likely N-dealkylation sites (tertiary alicyclic amines) is 2. The van der Waals surface area contributed by atoms with E-state index in [9.17, 15) is 0 Å². The summed E-state index contributed by atoms with van der Waals surface area (Å²) in [6.45, 7) is 11.4. The molecule has 0 spiro atoms. The molecule has 2 aliphatic heterocycles. The monoisotopic (exact) mass is 497 g/mol. The molecule has 2 fully saturated rings. The average Bonchev–Trinajstić information content (AvgIpc) is 2.64. The van der Waals surface area contributed by atoms with Crippen LogP contribution in [0.2, 0.25) is 0 Å². The molecule has 5 nitrogen and oxygen atoms in total. The zero-order valence-corrected chi connectivity index (χ0v) is 20.6. The van der Waals surface area contributed by atoms with Gasteiger partial charge in [-0.25, -0.2) is 0 Å². The van der Waals surface area contributed by atoms with Gasteiger partial charge < -0.3 is 15.5 Å². The lowest BCUT2D eigenvalue weighted by molar-refractivity contribution is 0.0173. The number of nitrogens with one attached hydrogen (secondary N) is 2. The maximum atomic E-state index is 4.46. The molecule has 0 radical (unpaired) electrons. The summed E-state index contributed by atoms with van der Waals surface area (Å²) in [7, 11) is 4.13. The summed E-state index contributed by atoms with van der Waals surface area (Å²) in [6, 6.07) is 0. The SMILES string of the molecule is CN=C(NCC(C)(C)SC)NCC1(N2CCCCC2)CCN(C)CC1.I. The van der Waals surface area contributed by atoms with Crippen molar-refractivity contribution in [3.63, 3.8) is 0 Å². The molecule has 2 heterocycles. The minimum absolute atomic E-state index is 0. The summed E-state index contributed by atoms with van der Waals surface area (Å²) >= 11 is 1.89. The molecule has 2 aliphatic rings. The molecule has 0 unspecified atom stereocenters. The van der Waals surface area contributed by atoms with Crippen LogP contribution in [0.5, 0.6) is 0 Å². The first-order valence-corrected chi connectivity index (χ1v) is 11.1. The summed E-state index contributed by atoms with van der Waals surface area (Å²) < 4.78 is 0.218. The second-order valence-corrected chi connectivity index (χ2v) is 9.83. The Bertz CT molecular complexity index is 430. The predicted molar refractivity (Wildman–Crippen MR) is 127 cm³/mol. The Morgan fingerprint density at radius 2 is 1.69 bits per heavy atom. The van der Waals surface area contributed by atoms with Crippen molar-refractivity contribution < 1.29 is 0 Å². The van der Waals surface area contributed by atoms with E-state index in [1.807, 2.05) is 18.8 Å². The molecule has 0 saturated carbocycles. The normalized spacial score (nSPS) is 22.6. The summed E-state index contributed by atoms with van der Waals surface area (Å²) in [5.41, 5.74) is 0.291. The number of aliphatic imine (C=N–C) groups is 1. The van der Waals surface area contributed by atoms with Crippen molar-refractivity contribution in [2.24, 2.45) is 4.99 Å².